The number of pyridine rings is 2. The Balaban J connectivity index is 2.56. The van der Waals surface area contributed by atoms with Crippen LogP contribution in [0.25, 0.3) is 11.1 Å². The molecule has 0 aliphatic heterocycles. The van der Waals surface area contributed by atoms with Gasteiger partial charge in [-0.3, -0.25) is 4.98 Å². The van der Waals surface area contributed by atoms with Gasteiger partial charge in [0, 0.05) is 18.0 Å². The minimum atomic E-state index is 0.565. The van der Waals surface area contributed by atoms with E-state index in [-0.39, 0.29) is 0 Å². The van der Waals surface area contributed by atoms with Crippen molar-refractivity contribution in [3.8, 4) is 17.0 Å². The molecule has 2 aromatic rings. The molecule has 0 bridgehead atoms. The molecule has 76 valence electrons. The summed E-state index contributed by atoms with van der Waals surface area (Å²) < 4.78 is 5.17. The maximum Gasteiger partial charge on any atom is 0.221 e. The third-order valence-electron chi connectivity index (χ3n) is 2.06. The van der Waals surface area contributed by atoms with E-state index in [4.69, 9.17) is 10.5 Å². The van der Waals surface area contributed by atoms with E-state index >= 15 is 0 Å². The van der Waals surface area contributed by atoms with Crippen LogP contribution in [0.3, 0.4) is 0 Å². The summed E-state index contributed by atoms with van der Waals surface area (Å²) in [5, 5.41) is 0. The normalized spacial score (nSPS) is 9.93. The molecule has 15 heavy (non-hydrogen) atoms. The SMILES string of the molecule is COc1ncc(N)cc1-c1ccncc1. The molecular formula is C11H11N3O. The Morgan fingerprint density at radius 1 is 1.27 bits per heavy atom. The van der Waals surface area contributed by atoms with Gasteiger partial charge in [0.25, 0.3) is 0 Å². The van der Waals surface area contributed by atoms with Crippen LogP contribution in [-0.4, -0.2) is 17.1 Å². The lowest BCUT2D eigenvalue weighted by Crippen LogP contribution is -1.94. The lowest BCUT2D eigenvalue weighted by Gasteiger charge is -2.07. The maximum absolute atomic E-state index is 5.69. The van der Waals surface area contributed by atoms with Gasteiger partial charge in [0.15, 0.2) is 0 Å². The van der Waals surface area contributed by atoms with Gasteiger partial charge in [0.1, 0.15) is 0 Å². The predicted octanol–water partition coefficient (Wildman–Crippen LogP) is 1.73. The summed E-state index contributed by atoms with van der Waals surface area (Å²) in [5.74, 6) is 0.565. The van der Waals surface area contributed by atoms with E-state index in [9.17, 15) is 0 Å². The number of rotatable bonds is 2. The predicted molar refractivity (Wildman–Crippen MR) is 58.4 cm³/mol. The van der Waals surface area contributed by atoms with Crippen molar-refractivity contribution in [1.82, 2.24) is 9.97 Å². The van der Waals surface area contributed by atoms with Crippen molar-refractivity contribution >= 4 is 5.69 Å². The topological polar surface area (TPSA) is 61.0 Å². The Kier molecular flexibility index (Phi) is 2.49. The van der Waals surface area contributed by atoms with Crippen molar-refractivity contribution in [2.24, 2.45) is 0 Å². The van der Waals surface area contributed by atoms with Crippen LogP contribution in [0.15, 0.2) is 36.8 Å². The minimum Gasteiger partial charge on any atom is -0.481 e. The van der Waals surface area contributed by atoms with Gasteiger partial charge >= 0.3 is 0 Å². The van der Waals surface area contributed by atoms with Crippen molar-refractivity contribution in [2.45, 2.75) is 0 Å². The van der Waals surface area contributed by atoms with Crippen LogP contribution in [0.2, 0.25) is 0 Å². The molecule has 0 fully saturated rings. The summed E-state index contributed by atoms with van der Waals surface area (Å²) >= 11 is 0. The Labute approximate surface area is 87.7 Å². The van der Waals surface area contributed by atoms with Gasteiger partial charge in [-0.1, -0.05) is 0 Å². The van der Waals surface area contributed by atoms with Crippen molar-refractivity contribution < 1.29 is 4.74 Å². The van der Waals surface area contributed by atoms with Crippen molar-refractivity contribution in [3.05, 3.63) is 36.8 Å². The first-order valence-electron chi connectivity index (χ1n) is 4.51. The van der Waals surface area contributed by atoms with E-state index in [1.807, 2.05) is 18.2 Å². The van der Waals surface area contributed by atoms with E-state index in [1.54, 1.807) is 25.7 Å². The van der Waals surface area contributed by atoms with Crippen LogP contribution in [0.4, 0.5) is 5.69 Å². The molecule has 0 atom stereocenters. The molecule has 0 saturated carbocycles. The number of nitrogens with two attached hydrogens (primary N) is 1. The number of hydrogen-bond acceptors (Lipinski definition) is 4. The van der Waals surface area contributed by atoms with Gasteiger partial charge in [-0.25, -0.2) is 4.98 Å². The van der Waals surface area contributed by atoms with E-state index in [2.05, 4.69) is 9.97 Å². The fourth-order valence-electron chi connectivity index (χ4n) is 1.37. The first kappa shape index (κ1) is 9.45. The zero-order valence-electron chi connectivity index (χ0n) is 8.34. The average molecular weight is 201 g/mol. The van der Waals surface area contributed by atoms with Crippen LogP contribution >= 0.6 is 0 Å². The van der Waals surface area contributed by atoms with Gasteiger partial charge in [-0.2, -0.15) is 0 Å². The van der Waals surface area contributed by atoms with E-state index < -0.39 is 0 Å². The number of ether oxygens (including phenoxy) is 1. The lowest BCUT2D eigenvalue weighted by molar-refractivity contribution is 0.400. The summed E-state index contributed by atoms with van der Waals surface area (Å²) in [6.07, 6.45) is 5.01. The molecule has 0 amide bonds. The van der Waals surface area contributed by atoms with Crippen LogP contribution in [0.1, 0.15) is 0 Å². The number of methoxy groups -OCH3 is 1. The van der Waals surface area contributed by atoms with Crippen molar-refractivity contribution in [1.29, 1.82) is 0 Å². The summed E-state index contributed by atoms with van der Waals surface area (Å²) in [6.45, 7) is 0. The number of hydrogen-bond donors (Lipinski definition) is 1. The monoisotopic (exact) mass is 201 g/mol. The van der Waals surface area contributed by atoms with E-state index in [1.165, 1.54) is 0 Å². The largest absolute Gasteiger partial charge is 0.481 e. The highest BCUT2D eigenvalue weighted by molar-refractivity contribution is 5.71. The quantitative estimate of drug-likeness (QED) is 0.803. The first-order valence-corrected chi connectivity index (χ1v) is 4.51. The van der Waals surface area contributed by atoms with E-state index in [0.29, 0.717) is 11.6 Å². The molecule has 0 saturated heterocycles. The fourth-order valence-corrected chi connectivity index (χ4v) is 1.37. The molecular weight excluding hydrogens is 190 g/mol. The molecule has 0 radical (unpaired) electrons. The molecule has 2 rings (SSSR count). The van der Waals surface area contributed by atoms with E-state index in [0.717, 1.165) is 11.1 Å². The minimum absolute atomic E-state index is 0.565. The smallest absolute Gasteiger partial charge is 0.221 e. The van der Waals surface area contributed by atoms with Gasteiger partial charge in [-0.15, -0.1) is 0 Å². The van der Waals surface area contributed by atoms with Crippen LogP contribution < -0.4 is 10.5 Å². The summed E-state index contributed by atoms with van der Waals surface area (Å²) in [4.78, 5) is 8.06. The molecule has 2 N–H and O–H groups in total. The second-order valence-corrected chi connectivity index (χ2v) is 3.06. The average Bonchev–Trinajstić information content (AvgIpc) is 2.30. The Hall–Kier alpha value is -2.10. The molecule has 0 unspecified atom stereocenters. The molecule has 0 aliphatic carbocycles. The molecule has 4 nitrogen and oxygen atoms in total. The summed E-state index contributed by atoms with van der Waals surface area (Å²) in [7, 11) is 1.59. The maximum atomic E-state index is 5.69. The van der Waals surface area contributed by atoms with Crippen molar-refractivity contribution in [2.75, 3.05) is 12.8 Å². The zero-order valence-corrected chi connectivity index (χ0v) is 8.34. The van der Waals surface area contributed by atoms with Crippen LogP contribution in [0.5, 0.6) is 5.88 Å². The summed E-state index contributed by atoms with van der Waals surface area (Å²) in [6, 6.07) is 5.61. The standard InChI is InChI=1S/C11H11N3O/c1-15-11-10(6-9(12)7-14-11)8-2-4-13-5-3-8/h2-7H,12H2,1H3. The molecule has 0 aromatic carbocycles. The van der Waals surface area contributed by atoms with Crippen LogP contribution in [-0.2, 0) is 0 Å². The third kappa shape index (κ3) is 1.88. The highest BCUT2D eigenvalue weighted by atomic mass is 16.5. The Morgan fingerprint density at radius 3 is 2.67 bits per heavy atom. The van der Waals surface area contributed by atoms with Crippen molar-refractivity contribution in [3.63, 3.8) is 0 Å². The van der Waals surface area contributed by atoms with Crippen LogP contribution in [0, 0.1) is 0 Å². The number of nitrogen functional groups attached to an aromatic ring is 1. The molecule has 2 aromatic heterocycles. The highest BCUT2D eigenvalue weighted by Crippen LogP contribution is 2.28. The lowest BCUT2D eigenvalue weighted by atomic mass is 10.1. The molecule has 0 spiro atoms. The third-order valence-corrected chi connectivity index (χ3v) is 2.06. The Morgan fingerprint density at radius 2 is 2.00 bits per heavy atom. The molecule has 2 heterocycles. The number of nitrogens with zero attached hydrogens (tertiary/aromatic N) is 2. The second kappa shape index (κ2) is 3.96. The van der Waals surface area contributed by atoms with Gasteiger partial charge in [0.2, 0.25) is 5.88 Å². The van der Waals surface area contributed by atoms with Gasteiger partial charge in [-0.05, 0) is 23.8 Å². The zero-order chi connectivity index (χ0) is 10.7. The summed E-state index contributed by atoms with van der Waals surface area (Å²) in [5.41, 5.74) is 8.16. The fraction of sp³-hybridized carbons (Fsp3) is 0.0909. The molecule has 0 aliphatic rings. The van der Waals surface area contributed by atoms with Gasteiger partial charge < -0.3 is 10.5 Å². The Bertz CT molecular complexity index is 457. The number of anilines is 1. The van der Waals surface area contributed by atoms with Gasteiger partial charge in [0.05, 0.1) is 19.0 Å². The number of aromatic nitrogens is 2. The highest BCUT2D eigenvalue weighted by Gasteiger charge is 2.06. The molecule has 4 heteroatoms. The first-order chi connectivity index (χ1) is 7.31. The second-order valence-electron chi connectivity index (χ2n) is 3.06.